The molecule has 0 atom stereocenters. The molecule has 48 heavy (non-hydrogen) atoms. The van der Waals surface area contributed by atoms with E-state index >= 15 is 0 Å². The molecule has 11 heteroatoms. The van der Waals surface area contributed by atoms with Crippen molar-refractivity contribution in [2.45, 2.75) is 52.4 Å². The van der Waals surface area contributed by atoms with E-state index < -0.39 is 10.0 Å². The second-order valence-corrected chi connectivity index (χ2v) is 15.8. The Morgan fingerprint density at radius 1 is 0.979 bits per heavy atom. The maximum atomic E-state index is 10.3. The van der Waals surface area contributed by atoms with Crippen molar-refractivity contribution < 1.29 is 14.3 Å². The smallest absolute Gasteiger partial charge is 0.207 e. The van der Waals surface area contributed by atoms with E-state index in [0.29, 0.717) is 36.7 Å². The lowest BCUT2D eigenvalue weighted by Crippen LogP contribution is -2.35. The number of fused-ring (bicyclic) bond motifs is 1. The van der Waals surface area contributed by atoms with Crippen molar-refractivity contribution >= 4 is 57.5 Å². The van der Waals surface area contributed by atoms with Gasteiger partial charge in [0.25, 0.3) is 0 Å². The number of benzodiazepines with no additional fused rings is 1. The monoisotopic (exact) mass is 696 g/mol. The quantitative estimate of drug-likeness (QED) is 0.0708. The van der Waals surface area contributed by atoms with Gasteiger partial charge in [0, 0.05) is 29.2 Å². The number of hydrogen-bond donors (Lipinski definition) is 4. The fraction of sp³-hybridized carbons (Fsp3) is 0.378. The van der Waals surface area contributed by atoms with Crippen molar-refractivity contribution in [1.82, 2.24) is 10.6 Å². The third-order valence-corrected chi connectivity index (χ3v) is 8.60. The number of aryl methyl sites for hydroxylation is 1. The number of amides is 2. The Labute approximate surface area is 293 Å². The lowest BCUT2D eigenvalue weighted by molar-refractivity contribution is -0.110. The van der Waals surface area contributed by atoms with Crippen LogP contribution in [0.1, 0.15) is 57.2 Å². The summed E-state index contributed by atoms with van der Waals surface area (Å²) in [7, 11) is -0.520. The van der Waals surface area contributed by atoms with Crippen LogP contribution < -0.4 is 20.3 Å². The second-order valence-electron chi connectivity index (χ2n) is 11.2. The fourth-order valence-electron chi connectivity index (χ4n) is 4.29. The van der Waals surface area contributed by atoms with Crippen LogP contribution in [0.5, 0.6) is 5.75 Å². The van der Waals surface area contributed by atoms with Crippen molar-refractivity contribution in [2.75, 3.05) is 49.9 Å². The minimum Gasteiger partial charge on any atom is -0.494 e. The fourth-order valence-corrected chi connectivity index (χ4v) is 5.37. The number of carbonyl (C=O) groups is 2. The van der Waals surface area contributed by atoms with Gasteiger partial charge in [-0.3, -0.25) is 30.3 Å². The van der Waals surface area contributed by atoms with Crippen LogP contribution >= 0.6 is 21.6 Å². The Morgan fingerprint density at radius 3 is 2.12 bits per heavy atom. The molecule has 9 nitrogen and oxygen atoms in total. The van der Waals surface area contributed by atoms with E-state index in [1.165, 1.54) is 10.5 Å². The van der Waals surface area contributed by atoms with Crippen LogP contribution in [0.4, 0.5) is 5.69 Å². The highest BCUT2D eigenvalue weighted by Gasteiger charge is 2.25. The van der Waals surface area contributed by atoms with E-state index in [1.807, 2.05) is 63.2 Å². The Kier molecular flexibility index (Phi) is 19.6. The Bertz CT molecular complexity index is 1470. The number of hydrogen-bond acceptors (Lipinski definition) is 6. The third kappa shape index (κ3) is 14.3. The van der Waals surface area contributed by atoms with E-state index in [-0.39, 0.29) is 18.2 Å². The van der Waals surface area contributed by atoms with Crippen molar-refractivity contribution in [3.05, 3.63) is 88.4 Å². The number of amidine groups is 2. The normalized spacial score (nSPS) is 12.1. The first-order valence-electron chi connectivity index (χ1n) is 16.0. The minimum absolute atomic E-state index is 0.169. The molecule has 0 bridgehead atoms. The Hall–Kier alpha value is -4.15. The van der Waals surface area contributed by atoms with Gasteiger partial charge in [-0.1, -0.05) is 55.3 Å². The Morgan fingerprint density at radius 2 is 1.60 bits per heavy atom. The largest absolute Gasteiger partial charge is 0.494 e. The first-order chi connectivity index (χ1) is 22.9. The molecule has 4 N–H and O–H groups in total. The molecule has 1 aliphatic heterocycles. The van der Waals surface area contributed by atoms with Gasteiger partial charge in [-0.15, -0.1) is 0 Å². The zero-order chi connectivity index (χ0) is 36.1. The minimum atomic E-state index is -0.520. The summed E-state index contributed by atoms with van der Waals surface area (Å²) in [5.74, 6) is 1.18. The van der Waals surface area contributed by atoms with Gasteiger partial charge in [-0.2, -0.15) is 0 Å². The summed E-state index contributed by atoms with van der Waals surface area (Å²) < 4.78 is 5.90. The zero-order valence-corrected chi connectivity index (χ0v) is 31.2. The molecule has 1 aliphatic rings. The molecule has 0 aromatic heterocycles. The average Bonchev–Trinajstić information content (AvgIpc) is 3.20. The maximum absolute atomic E-state index is 10.3. The first-order valence-corrected chi connectivity index (χ1v) is 19.3. The van der Waals surface area contributed by atoms with Crippen molar-refractivity contribution in [1.29, 1.82) is 10.8 Å². The van der Waals surface area contributed by atoms with Gasteiger partial charge < -0.3 is 15.4 Å². The molecule has 3 aromatic rings. The molecule has 4 rings (SSSR count). The molecule has 0 saturated heterocycles. The number of aliphatic imine (C=N–C) groups is 1. The van der Waals surface area contributed by atoms with E-state index in [0.717, 1.165) is 41.9 Å². The highest BCUT2D eigenvalue weighted by Crippen LogP contribution is 2.44. The predicted molar refractivity (Wildman–Crippen MR) is 207 cm³/mol. The molecule has 0 spiro atoms. The van der Waals surface area contributed by atoms with E-state index in [9.17, 15) is 9.59 Å². The third-order valence-electron chi connectivity index (χ3n) is 6.66. The molecule has 0 fully saturated rings. The number of nitrogens with one attached hydrogen (secondary N) is 4. The van der Waals surface area contributed by atoms with Crippen LogP contribution in [0.2, 0.25) is 5.02 Å². The van der Waals surface area contributed by atoms with Crippen LogP contribution in [0.3, 0.4) is 0 Å². The molecule has 1 heterocycles. The lowest BCUT2D eigenvalue weighted by atomic mass is 9.99. The highest BCUT2D eigenvalue weighted by molar-refractivity contribution is 8.32. The van der Waals surface area contributed by atoms with Gasteiger partial charge in [0.15, 0.2) is 0 Å². The average molecular weight is 697 g/mol. The van der Waals surface area contributed by atoms with Gasteiger partial charge in [-0.25, -0.2) is 10.0 Å². The van der Waals surface area contributed by atoms with E-state index in [1.54, 1.807) is 11.8 Å². The van der Waals surface area contributed by atoms with Crippen LogP contribution in [0.25, 0.3) is 0 Å². The number of ether oxygens (including phenoxy) is 1. The number of benzene rings is 3. The number of rotatable bonds is 11. The summed E-state index contributed by atoms with van der Waals surface area (Å²) in [5, 5.41) is 22.2. The summed E-state index contributed by atoms with van der Waals surface area (Å²) >= 11 is 6.04. The summed E-state index contributed by atoms with van der Waals surface area (Å²) in [6.07, 6.45) is 9.97. The van der Waals surface area contributed by atoms with Crippen LogP contribution in [-0.2, 0) is 9.59 Å². The lowest BCUT2D eigenvalue weighted by Gasteiger charge is -2.25. The van der Waals surface area contributed by atoms with Crippen molar-refractivity contribution in [3.63, 3.8) is 0 Å². The molecular weight excluding hydrogens is 644 g/mol. The van der Waals surface area contributed by atoms with E-state index in [4.69, 9.17) is 27.2 Å². The van der Waals surface area contributed by atoms with Gasteiger partial charge in [0.05, 0.1) is 24.6 Å². The number of halogens is 1. The Balaban J connectivity index is 0.000000526. The maximum Gasteiger partial charge on any atom is 0.207 e. The molecule has 0 saturated carbocycles. The van der Waals surface area contributed by atoms with E-state index in [2.05, 4.69) is 65.6 Å². The van der Waals surface area contributed by atoms with Crippen molar-refractivity contribution in [3.8, 4) is 5.75 Å². The topological polar surface area (TPSA) is 131 Å². The van der Waals surface area contributed by atoms with Gasteiger partial charge in [0.1, 0.15) is 17.4 Å². The number of anilines is 1. The first kappa shape index (κ1) is 41.9. The van der Waals surface area contributed by atoms with Crippen LogP contribution in [0, 0.1) is 17.7 Å². The molecule has 3 aromatic carbocycles. The van der Waals surface area contributed by atoms with Crippen molar-refractivity contribution in [2.24, 2.45) is 4.99 Å². The van der Waals surface area contributed by atoms with Gasteiger partial charge >= 0.3 is 0 Å². The summed E-state index contributed by atoms with van der Waals surface area (Å²) in [6.45, 7) is 11.7. The van der Waals surface area contributed by atoms with Gasteiger partial charge in [-0.05, 0) is 99.7 Å². The standard InChI is InChI=1S/C22H24ClN5O2.C10H16S.C3H7NO.C2H6/c1-15(24)28-20-9-8-18(30-11-3-2-10-26-14-29)12-19(20)22(27-13-21(28)25)16-4-6-17(23)7-5-16;1-9-5-7-10(8-6-9)11(2,3)4;1-2-4-3-5;1-2/h4-9,12,14,24-25H,2-3,10-11,13H2,1H3,(H,26,29);5-8H,1-4H3;3H,2H2,1H3,(H,4,5);1-2H3. The van der Waals surface area contributed by atoms with Gasteiger partial charge in [0.2, 0.25) is 12.8 Å². The second kappa shape index (κ2) is 22.4. The summed E-state index contributed by atoms with van der Waals surface area (Å²) in [5.41, 5.74) is 4.48. The molecule has 0 unspecified atom stereocenters. The summed E-state index contributed by atoms with van der Waals surface area (Å²) in [4.78, 5) is 27.3. The molecule has 0 radical (unpaired) electrons. The molecular formula is C37H53ClN6O3S. The molecule has 2 amide bonds. The predicted octanol–water partition coefficient (Wildman–Crippen LogP) is 7.70. The van der Waals surface area contributed by atoms with Crippen LogP contribution in [0.15, 0.2) is 76.6 Å². The van der Waals surface area contributed by atoms with Crippen LogP contribution in [-0.4, -0.2) is 75.2 Å². The zero-order valence-electron chi connectivity index (χ0n) is 29.7. The number of carbonyl (C=O) groups excluding carboxylic acids is 2. The summed E-state index contributed by atoms with van der Waals surface area (Å²) in [6, 6.07) is 21.9. The molecule has 0 aliphatic carbocycles. The highest BCUT2D eigenvalue weighted by atomic mass is 35.5. The molecule has 262 valence electrons. The number of unbranched alkanes of at least 4 members (excludes halogenated alkanes) is 1. The SMILES string of the molecule is CC.CC(=N)N1C(=N)CN=C(c2ccc(Cl)cc2)c2cc(OCCCCNC=O)ccc21.CCNC=O.Cc1ccc(S(C)(C)C)cc1. The number of nitrogens with zero attached hydrogens (tertiary/aromatic N) is 2.